The normalized spacial score (nSPS) is 11.1. The molecule has 0 bridgehead atoms. The fraction of sp³-hybridized carbons (Fsp3) is 0.174. The minimum absolute atomic E-state index is 0.0221. The van der Waals surface area contributed by atoms with E-state index in [1.54, 1.807) is 18.4 Å². The van der Waals surface area contributed by atoms with E-state index < -0.39 is 10.0 Å². The molecule has 0 saturated carbocycles. The standard InChI is InChI=1S/C23H22N2O5S/c1-2-11-25-31(27,28)22-10-4-8-20(14-22)23(26)24-15-18-6-3-7-19(13-18)16-29-17-21-9-5-12-30-21/h1,3-10,12-14,25H,11,15-17H2,(H,24,26). The number of carbonyl (C=O) groups is 1. The molecule has 3 rings (SSSR count). The summed E-state index contributed by atoms with van der Waals surface area (Å²) in [5, 5.41) is 2.80. The van der Waals surface area contributed by atoms with Gasteiger partial charge in [0.15, 0.2) is 0 Å². The first kappa shape index (κ1) is 22.3. The number of amides is 1. The average molecular weight is 439 g/mol. The molecule has 0 fully saturated rings. The van der Waals surface area contributed by atoms with Crippen LogP contribution in [0.4, 0.5) is 0 Å². The fourth-order valence-corrected chi connectivity index (χ4v) is 3.78. The van der Waals surface area contributed by atoms with Crippen molar-refractivity contribution in [3.05, 3.63) is 89.4 Å². The van der Waals surface area contributed by atoms with Crippen molar-refractivity contribution in [2.45, 2.75) is 24.7 Å². The quantitative estimate of drug-likeness (QED) is 0.475. The Morgan fingerprint density at radius 2 is 1.84 bits per heavy atom. The molecule has 0 unspecified atom stereocenters. The van der Waals surface area contributed by atoms with Crippen LogP contribution >= 0.6 is 0 Å². The van der Waals surface area contributed by atoms with Crippen LogP contribution in [-0.2, 0) is 34.5 Å². The van der Waals surface area contributed by atoms with Crippen LogP contribution in [0.1, 0.15) is 27.2 Å². The van der Waals surface area contributed by atoms with Crippen LogP contribution in [0.5, 0.6) is 0 Å². The van der Waals surface area contributed by atoms with E-state index in [1.807, 2.05) is 30.3 Å². The van der Waals surface area contributed by atoms with Gasteiger partial charge in [-0.25, -0.2) is 8.42 Å². The molecule has 1 aromatic heterocycles. The van der Waals surface area contributed by atoms with E-state index in [-0.39, 0.29) is 29.5 Å². The number of rotatable bonds is 10. The van der Waals surface area contributed by atoms with Crippen molar-refractivity contribution in [1.29, 1.82) is 0 Å². The predicted molar refractivity (Wildman–Crippen MR) is 115 cm³/mol. The summed E-state index contributed by atoms with van der Waals surface area (Å²) in [5.41, 5.74) is 2.10. The monoisotopic (exact) mass is 438 g/mol. The maximum absolute atomic E-state index is 12.5. The smallest absolute Gasteiger partial charge is 0.251 e. The molecule has 0 aliphatic heterocycles. The molecule has 1 heterocycles. The molecule has 0 spiro atoms. The number of nitrogens with one attached hydrogen (secondary N) is 2. The first-order chi connectivity index (χ1) is 15.0. The highest BCUT2D eigenvalue weighted by molar-refractivity contribution is 7.89. The Labute approximate surface area is 181 Å². The lowest BCUT2D eigenvalue weighted by molar-refractivity contribution is 0.0928. The third-order valence-electron chi connectivity index (χ3n) is 4.31. The number of benzene rings is 2. The van der Waals surface area contributed by atoms with Crippen molar-refractivity contribution in [2.75, 3.05) is 6.54 Å². The largest absolute Gasteiger partial charge is 0.467 e. The molecule has 3 aromatic rings. The van der Waals surface area contributed by atoms with Crippen LogP contribution in [-0.4, -0.2) is 20.9 Å². The van der Waals surface area contributed by atoms with Crippen LogP contribution in [0.25, 0.3) is 0 Å². The van der Waals surface area contributed by atoms with E-state index in [9.17, 15) is 13.2 Å². The Hall–Kier alpha value is -3.38. The van der Waals surface area contributed by atoms with Gasteiger partial charge in [-0.05, 0) is 41.5 Å². The second-order valence-electron chi connectivity index (χ2n) is 6.63. The lowest BCUT2D eigenvalue weighted by Gasteiger charge is -2.09. The molecule has 1 amide bonds. The van der Waals surface area contributed by atoms with Gasteiger partial charge in [0.05, 0.1) is 24.3 Å². The molecule has 2 aromatic carbocycles. The lowest BCUT2D eigenvalue weighted by atomic mass is 10.1. The zero-order valence-corrected chi connectivity index (χ0v) is 17.5. The SMILES string of the molecule is C#CCNS(=O)(=O)c1cccc(C(=O)NCc2cccc(COCc3ccco3)c2)c1. The second-order valence-corrected chi connectivity index (χ2v) is 8.40. The van der Waals surface area contributed by atoms with Gasteiger partial charge >= 0.3 is 0 Å². The first-order valence-electron chi connectivity index (χ1n) is 9.47. The summed E-state index contributed by atoms with van der Waals surface area (Å²) in [6.45, 7) is 0.952. The molecule has 8 heteroatoms. The summed E-state index contributed by atoms with van der Waals surface area (Å²) in [5.74, 6) is 2.58. The summed E-state index contributed by atoms with van der Waals surface area (Å²) in [4.78, 5) is 12.5. The van der Waals surface area contributed by atoms with Crippen LogP contribution in [0, 0.1) is 12.3 Å². The minimum Gasteiger partial charge on any atom is -0.467 e. The van der Waals surface area contributed by atoms with Gasteiger partial charge in [0.25, 0.3) is 5.91 Å². The molecule has 0 radical (unpaired) electrons. The van der Waals surface area contributed by atoms with Gasteiger partial charge in [-0.15, -0.1) is 6.42 Å². The van der Waals surface area contributed by atoms with Gasteiger partial charge in [0.1, 0.15) is 12.4 Å². The molecular weight excluding hydrogens is 416 g/mol. The van der Waals surface area contributed by atoms with E-state index in [4.69, 9.17) is 15.6 Å². The Bertz CT molecular complexity index is 1160. The van der Waals surface area contributed by atoms with Crippen LogP contribution in [0.2, 0.25) is 0 Å². The topological polar surface area (TPSA) is 97.6 Å². The van der Waals surface area contributed by atoms with E-state index in [1.165, 1.54) is 18.2 Å². The zero-order chi connectivity index (χ0) is 22.1. The summed E-state index contributed by atoms with van der Waals surface area (Å²) < 4.78 is 37.5. The van der Waals surface area contributed by atoms with Crippen LogP contribution < -0.4 is 10.0 Å². The minimum atomic E-state index is -3.77. The second kappa shape index (κ2) is 10.6. The van der Waals surface area contributed by atoms with Gasteiger partial charge in [0, 0.05) is 12.1 Å². The Kier molecular flexibility index (Phi) is 7.62. The summed E-state index contributed by atoms with van der Waals surface area (Å²) >= 11 is 0. The van der Waals surface area contributed by atoms with Crippen molar-refractivity contribution in [1.82, 2.24) is 10.0 Å². The highest BCUT2D eigenvalue weighted by Crippen LogP contribution is 2.13. The number of hydrogen-bond donors (Lipinski definition) is 2. The van der Waals surface area contributed by atoms with E-state index >= 15 is 0 Å². The summed E-state index contributed by atoms with van der Waals surface area (Å²) in [7, 11) is -3.77. The zero-order valence-electron chi connectivity index (χ0n) is 16.7. The third kappa shape index (κ3) is 6.55. The molecule has 0 aliphatic carbocycles. The van der Waals surface area contributed by atoms with Crippen molar-refractivity contribution < 1.29 is 22.4 Å². The van der Waals surface area contributed by atoms with Gasteiger partial charge < -0.3 is 14.5 Å². The molecule has 7 nitrogen and oxygen atoms in total. The number of terminal acetylenes is 1. The maximum atomic E-state index is 12.5. The molecule has 0 aliphatic rings. The number of hydrogen-bond acceptors (Lipinski definition) is 5. The van der Waals surface area contributed by atoms with Gasteiger partial charge in [-0.2, -0.15) is 4.72 Å². The van der Waals surface area contributed by atoms with E-state index in [0.29, 0.717) is 13.2 Å². The fourth-order valence-electron chi connectivity index (χ4n) is 2.80. The first-order valence-corrected chi connectivity index (χ1v) is 11.0. The third-order valence-corrected chi connectivity index (χ3v) is 5.71. The molecule has 31 heavy (non-hydrogen) atoms. The summed E-state index contributed by atoms with van der Waals surface area (Å²) in [6.07, 6.45) is 6.69. The average Bonchev–Trinajstić information content (AvgIpc) is 3.30. The van der Waals surface area contributed by atoms with Gasteiger partial charge in [-0.1, -0.05) is 36.3 Å². The molecular formula is C23H22N2O5S. The Balaban J connectivity index is 1.57. The van der Waals surface area contributed by atoms with Crippen molar-refractivity contribution in [2.24, 2.45) is 0 Å². The molecule has 2 N–H and O–H groups in total. The van der Waals surface area contributed by atoms with Gasteiger partial charge in [-0.3, -0.25) is 4.79 Å². The molecule has 160 valence electrons. The van der Waals surface area contributed by atoms with E-state index in [2.05, 4.69) is 16.0 Å². The Morgan fingerprint density at radius 3 is 2.61 bits per heavy atom. The predicted octanol–water partition coefficient (Wildman–Crippen LogP) is 2.84. The highest BCUT2D eigenvalue weighted by atomic mass is 32.2. The number of furan rings is 1. The number of carbonyl (C=O) groups excluding carboxylic acids is 1. The molecule has 0 atom stereocenters. The summed E-state index contributed by atoms with van der Waals surface area (Å²) in [6, 6.07) is 17.1. The lowest BCUT2D eigenvalue weighted by Crippen LogP contribution is -2.25. The van der Waals surface area contributed by atoms with Crippen LogP contribution in [0.3, 0.4) is 0 Å². The molecule has 0 saturated heterocycles. The maximum Gasteiger partial charge on any atom is 0.251 e. The highest BCUT2D eigenvalue weighted by Gasteiger charge is 2.15. The van der Waals surface area contributed by atoms with E-state index in [0.717, 1.165) is 16.9 Å². The van der Waals surface area contributed by atoms with Crippen molar-refractivity contribution in [3.63, 3.8) is 0 Å². The Morgan fingerprint density at radius 1 is 1.03 bits per heavy atom. The number of ether oxygens (including phenoxy) is 1. The van der Waals surface area contributed by atoms with Gasteiger partial charge in [0.2, 0.25) is 10.0 Å². The number of sulfonamides is 1. The van der Waals surface area contributed by atoms with Crippen molar-refractivity contribution in [3.8, 4) is 12.3 Å². The van der Waals surface area contributed by atoms with Crippen molar-refractivity contribution >= 4 is 15.9 Å². The van der Waals surface area contributed by atoms with Crippen LogP contribution in [0.15, 0.2) is 76.2 Å².